The maximum atomic E-state index is 12.5. The van der Waals surface area contributed by atoms with Crippen molar-refractivity contribution < 1.29 is 22.7 Å². The van der Waals surface area contributed by atoms with Crippen molar-refractivity contribution >= 4 is 27.5 Å². The number of ether oxygens (including phenoxy) is 2. The summed E-state index contributed by atoms with van der Waals surface area (Å²) >= 11 is 1.52. The van der Waals surface area contributed by atoms with Crippen LogP contribution in [-0.2, 0) is 21.2 Å². The molecule has 0 N–H and O–H groups in total. The van der Waals surface area contributed by atoms with Crippen LogP contribution in [0, 0.1) is 0 Å². The van der Waals surface area contributed by atoms with Crippen LogP contribution in [0.25, 0.3) is 0 Å². The highest BCUT2D eigenvalue weighted by atomic mass is 32.2. The van der Waals surface area contributed by atoms with E-state index in [9.17, 15) is 13.2 Å². The van der Waals surface area contributed by atoms with E-state index >= 15 is 0 Å². The molecule has 1 unspecified atom stereocenters. The zero-order chi connectivity index (χ0) is 19.6. The molecule has 144 valence electrons. The van der Waals surface area contributed by atoms with Crippen LogP contribution >= 0.6 is 11.8 Å². The van der Waals surface area contributed by atoms with Gasteiger partial charge in [0.05, 0.1) is 30.4 Å². The van der Waals surface area contributed by atoms with Gasteiger partial charge in [-0.3, -0.25) is 4.79 Å². The lowest BCUT2D eigenvalue weighted by Crippen LogP contribution is -2.28. The van der Waals surface area contributed by atoms with E-state index in [1.54, 1.807) is 43.4 Å². The number of sulfone groups is 1. The minimum Gasteiger partial charge on any atom is -0.496 e. The van der Waals surface area contributed by atoms with Gasteiger partial charge in [0.1, 0.15) is 16.9 Å². The summed E-state index contributed by atoms with van der Waals surface area (Å²) in [5.74, 6) is 1.72. The largest absolute Gasteiger partial charge is 0.496 e. The van der Waals surface area contributed by atoms with Crippen molar-refractivity contribution in [2.45, 2.75) is 16.8 Å². The van der Waals surface area contributed by atoms with E-state index in [4.69, 9.17) is 9.47 Å². The maximum Gasteiger partial charge on any atom is 0.234 e. The SMILES string of the molecule is COc1cccc(OC)c1C1SCC(=O)N1Cc1ccc(S(C)(=O)=O)cc1. The summed E-state index contributed by atoms with van der Waals surface area (Å²) in [6.07, 6.45) is 1.17. The molecule has 0 spiro atoms. The molecular formula is C19H21NO5S2. The molecule has 1 aliphatic heterocycles. The van der Waals surface area contributed by atoms with Gasteiger partial charge in [0.2, 0.25) is 5.91 Å². The summed E-state index contributed by atoms with van der Waals surface area (Å²) in [4.78, 5) is 14.5. The minimum atomic E-state index is -3.25. The smallest absolute Gasteiger partial charge is 0.234 e. The minimum absolute atomic E-state index is 0.0187. The first-order valence-electron chi connectivity index (χ1n) is 8.26. The number of nitrogens with zero attached hydrogens (tertiary/aromatic N) is 1. The number of thioether (sulfide) groups is 1. The molecule has 1 amide bonds. The molecule has 1 heterocycles. The predicted octanol–water partition coefficient (Wildman–Crippen LogP) is 2.88. The molecule has 1 fully saturated rings. The number of hydrogen-bond donors (Lipinski definition) is 0. The molecule has 0 bridgehead atoms. The fraction of sp³-hybridized carbons (Fsp3) is 0.316. The third-order valence-electron chi connectivity index (χ3n) is 4.39. The standard InChI is InChI=1S/C19H21NO5S2/c1-24-15-5-4-6-16(25-2)18(15)19-20(17(21)12-26-19)11-13-7-9-14(10-8-13)27(3,22)23/h4-10,19H,11-12H2,1-3H3. The molecule has 3 rings (SSSR count). The molecule has 2 aromatic rings. The Morgan fingerprint density at radius 3 is 2.19 bits per heavy atom. The Balaban J connectivity index is 1.92. The maximum absolute atomic E-state index is 12.5. The van der Waals surface area contributed by atoms with E-state index < -0.39 is 9.84 Å². The topological polar surface area (TPSA) is 72.9 Å². The molecule has 1 aliphatic rings. The molecule has 0 aromatic heterocycles. The van der Waals surface area contributed by atoms with Gasteiger partial charge in [-0.2, -0.15) is 0 Å². The number of carbonyl (C=O) groups excluding carboxylic acids is 1. The van der Waals surface area contributed by atoms with Gasteiger partial charge >= 0.3 is 0 Å². The van der Waals surface area contributed by atoms with Gasteiger partial charge in [0.15, 0.2) is 9.84 Å². The van der Waals surface area contributed by atoms with E-state index in [2.05, 4.69) is 0 Å². The first kappa shape index (κ1) is 19.6. The average molecular weight is 408 g/mol. The second-order valence-electron chi connectivity index (χ2n) is 6.18. The van der Waals surface area contributed by atoms with Crippen molar-refractivity contribution in [1.82, 2.24) is 4.90 Å². The molecule has 6 nitrogen and oxygen atoms in total. The summed E-state index contributed by atoms with van der Waals surface area (Å²) in [7, 11) is -0.0646. The molecule has 0 aliphatic carbocycles. The lowest BCUT2D eigenvalue weighted by molar-refractivity contribution is -0.128. The van der Waals surface area contributed by atoms with Crippen LogP contribution in [-0.4, -0.2) is 45.5 Å². The second-order valence-corrected chi connectivity index (χ2v) is 9.26. The van der Waals surface area contributed by atoms with Crippen molar-refractivity contribution in [3.8, 4) is 11.5 Å². The summed E-state index contributed by atoms with van der Waals surface area (Å²) in [6.45, 7) is 0.377. The highest BCUT2D eigenvalue weighted by Gasteiger charge is 2.36. The molecule has 0 radical (unpaired) electrons. The van der Waals surface area contributed by atoms with Crippen LogP contribution in [0.1, 0.15) is 16.5 Å². The molecule has 1 atom stereocenters. The third-order valence-corrected chi connectivity index (χ3v) is 6.73. The normalized spacial score (nSPS) is 17.2. The number of benzene rings is 2. The Labute approximate surface area is 163 Å². The van der Waals surface area contributed by atoms with E-state index in [-0.39, 0.29) is 16.2 Å². The highest BCUT2D eigenvalue weighted by molar-refractivity contribution is 8.00. The van der Waals surface area contributed by atoms with Gasteiger partial charge < -0.3 is 14.4 Å². The molecule has 1 saturated heterocycles. The number of rotatable bonds is 6. The third kappa shape index (κ3) is 4.06. The zero-order valence-corrected chi connectivity index (χ0v) is 17.0. The Kier molecular flexibility index (Phi) is 5.67. The Bertz CT molecular complexity index is 919. The van der Waals surface area contributed by atoms with Gasteiger partial charge in [0, 0.05) is 12.8 Å². The molecule has 2 aromatic carbocycles. The zero-order valence-electron chi connectivity index (χ0n) is 15.3. The number of hydrogen-bond acceptors (Lipinski definition) is 6. The van der Waals surface area contributed by atoms with Crippen molar-refractivity contribution in [1.29, 1.82) is 0 Å². The van der Waals surface area contributed by atoms with Gasteiger partial charge in [-0.25, -0.2) is 8.42 Å². The van der Waals surface area contributed by atoms with E-state index in [1.165, 1.54) is 18.0 Å². The van der Waals surface area contributed by atoms with Crippen LogP contribution in [0.3, 0.4) is 0 Å². The van der Waals surface area contributed by atoms with Gasteiger partial charge in [-0.05, 0) is 29.8 Å². The first-order valence-corrected chi connectivity index (χ1v) is 11.2. The van der Waals surface area contributed by atoms with Crippen LogP contribution in [0.5, 0.6) is 11.5 Å². The predicted molar refractivity (Wildman–Crippen MR) is 105 cm³/mol. The summed E-state index contributed by atoms with van der Waals surface area (Å²) in [6, 6.07) is 12.2. The van der Waals surface area contributed by atoms with Crippen LogP contribution < -0.4 is 9.47 Å². The Morgan fingerprint density at radius 2 is 1.67 bits per heavy atom. The van der Waals surface area contributed by atoms with Crippen LogP contribution in [0.4, 0.5) is 0 Å². The van der Waals surface area contributed by atoms with Crippen molar-refractivity contribution in [2.75, 3.05) is 26.2 Å². The van der Waals surface area contributed by atoms with Crippen molar-refractivity contribution in [2.24, 2.45) is 0 Å². The summed E-state index contributed by atoms with van der Waals surface area (Å²) in [5.41, 5.74) is 1.68. The Hall–Kier alpha value is -2.19. The lowest BCUT2D eigenvalue weighted by atomic mass is 10.1. The van der Waals surface area contributed by atoms with Crippen molar-refractivity contribution in [3.05, 3.63) is 53.6 Å². The summed E-state index contributed by atoms with van der Waals surface area (Å²) < 4.78 is 34.2. The molecule has 8 heteroatoms. The monoisotopic (exact) mass is 407 g/mol. The van der Waals surface area contributed by atoms with Gasteiger partial charge in [-0.15, -0.1) is 11.8 Å². The average Bonchev–Trinajstić information content (AvgIpc) is 3.01. The lowest BCUT2D eigenvalue weighted by Gasteiger charge is -2.27. The van der Waals surface area contributed by atoms with Gasteiger partial charge in [-0.1, -0.05) is 18.2 Å². The van der Waals surface area contributed by atoms with Gasteiger partial charge in [0.25, 0.3) is 0 Å². The number of amides is 1. The molecular weight excluding hydrogens is 386 g/mol. The fourth-order valence-corrected chi connectivity index (χ4v) is 4.89. The van der Waals surface area contributed by atoms with Crippen molar-refractivity contribution in [3.63, 3.8) is 0 Å². The van der Waals surface area contributed by atoms with E-state index in [1.807, 2.05) is 18.2 Å². The second kappa shape index (κ2) is 7.82. The number of carbonyl (C=O) groups is 1. The first-order chi connectivity index (χ1) is 12.8. The molecule has 0 saturated carbocycles. The van der Waals surface area contributed by atoms with E-state index in [0.29, 0.717) is 23.8 Å². The quantitative estimate of drug-likeness (QED) is 0.733. The molecule has 27 heavy (non-hydrogen) atoms. The van der Waals surface area contributed by atoms with Crippen LogP contribution in [0.15, 0.2) is 47.4 Å². The Morgan fingerprint density at radius 1 is 1.07 bits per heavy atom. The van der Waals surface area contributed by atoms with Crippen LogP contribution in [0.2, 0.25) is 0 Å². The van der Waals surface area contributed by atoms with E-state index in [0.717, 1.165) is 11.1 Å². The fourth-order valence-electron chi connectivity index (χ4n) is 3.03. The summed E-state index contributed by atoms with van der Waals surface area (Å²) in [5, 5.41) is -0.238. The highest BCUT2D eigenvalue weighted by Crippen LogP contribution is 2.47. The number of methoxy groups -OCH3 is 2.